The molecule has 64 valence electrons. The molecule has 1 aromatic rings. The van der Waals surface area contributed by atoms with E-state index in [-0.39, 0.29) is 0 Å². The molecule has 0 amide bonds. The Bertz CT molecular complexity index is 281. The molecule has 1 aromatic carbocycles. The maximum absolute atomic E-state index is 10.6. The number of nitrogens with two attached hydrogens (primary N) is 1. The average molecular weight is 163 g/mol. The first-order chi connectivity index (χ1) is 5.77. The van der Waals surface area contributed by atoms with E-state index < -0.39 is 0 Å². The zero-order valence-corrected chi connectivity index (χ0v) is 7.21. The first-order valence-electron chi connectivity index (χ1n) is 4.02. The summed E-state index contributed by atoms with van der Waals surface area (Å²) >= 11 is 0. The maximum atomic E-state index is 10.6. The van der Waals surface area contributed by atoms with Crippen molar-refractivity contribution >= 4 is 6.29 Å². The van der Waals surface area contributed by atoms with Crippen LogP contribution in [0.4, 0.5) is 0 Å². The van der Waals surface area contributed by atoms with Gasteiger partial charge in [-0.2, -0.15) is 0 Å². The third kappa shape index (κ3) is 1.92. The minimum absolute atomic E-state index is 0.587. The van der Waals surface area contributed by atoms with Gasteiger partial charge in [-0.15, -0.1) is 0 Å². The van der Waals surface area contributed by atoms with Gasteiger partial charge in [0.1, 0.15) is 6.29 Å². The van der Waals surface area contributed by atoms with Crippen molar-refractivity contribution in [2.24, 2.45) is 5.73 Å². The monoisotopic (exact) mass is 163 g/mol. The molecule has 0 aliphatic rings. The van der Waals surface area contributed by atoms with Crippen LogP contribution in [0.15, 0.2) is 18.2 Å². The number of benzene rings is 1. The van der Waals surface area contributed by atoms with E-state index in [2.05, 4.69) is 0 Å². The van der Waals surface area contributed by atoms with Gasteiger partial charge in [-0.1, -0.05) is 17.7 Å². The minimum atomic E-state index is 0.587. The second kappa shape index (κ2) is 4.02. The highest BCUT2D eigenvalue weighted by atomic mass is 16.1. The minimum Gasteiger partial charge on any atom is -0.330 e. The van der Waals surface area contributed by atoms with Crippen molar-refractivity contribution in [3.8, 4) is 0 Å². The Labute approximate surface area is 72.4 Å². The standard InChI is InChI=1S/C10H13NO/c1-8-2-3-9(4-5-11)10(6-8)7-12/h2-3,6-7H,4-5,11H2,1H3. The van der Waals surface area contributed by atoms with Crippen molar-refractivity contribution in [3.63, 3.8) is 0 Å². The van der Waals surface area contributed by atoms with Gasteiger partial charge in [0, 0.05) is 5.56 Å². The number of aldehydes is 1. The number of rotatable bonds is 3. The third-order valence-corrected chi connectivity index (χ3v) is 1.84. The zero-order chi connectivity index (χ0) is 8.97. The molecule has 12 heavy (non-hydrogen) atoms. The van der Waals surface area contributed by atoms with E-state index in [1.165, 1.54) is 0 Å². The van der Waals surface area contributed by atoms with E-state index in [9.17, 15) is 4.79 Å². The molecule has 0 unspecified atom stereocenters. The van der Waals surface area contributed by atoms with Gasteiger partial charge in [0.25, 0.3) is 0 Å². The summed E-state index contributed by atoms with van der Waals surface area (Å²) < 4.78 is 0. The first-order valence-corrected chi connectivity index (χ1v) is 4.02. The van der Waals surface area contributed by atoms with E-state index in [1.54, 1.807) is 0 Å². The maximum Gasteiger partial charge on any atom is 0.150 e. The fraction of sp³-hybridized carbons (Fsp3) is 0.300. The number of hydrogen-bond donors (Lipinski definition) is 1. The molecule has 2 N–H and O–H groups in total. The molecular formula is C10H13NO. The summed E-state index contributed by atoms with van der Waals surface area (Å²) in [6, 6.07) is 5.85. The largest absolute Gasteiger partial charge is 0.330 e. The lowest BCUT2D eigenvalue weighted by Crippen LogP contribution is -2.05. The molecule has 0 spiro atoms. The number of carbonyl (C=O) groups is 1. The summed E-state index contributed by atoms with van der Waals surface area (Å²) in [5.41, 5.74) is 8.32. The summed E-state index contributed by atoms with van der Waals surface area (Å²) in [7, 11) is 0. The lowest BCUT2D eigenvalue weighted by molar-refractivity contribution is 0.112. The summed E-state index contributed by atoms with van der Waals surface area (Å²) in [6.07, 6.45) is 1.66. The predicted molar refractivity (Wildman–Crippen MR) is 49.3 cm³/mol. The van der Waals surface area contributed by atoms with Gasteiger partial charge in [0.05, 0.1) is 0 Å². The molecule has 0 heterocycles. The van der Waals surface area contributed by atoms with Gasteiger partial charge in [-0.25, -0.2) is 0 Å². The first kappa shape index (κ1) is 8.94. The molecule has 0 aromatic heterocycles. The molecule has 0 fully saturated rings. The highest BCUT2D eigenvalue weighted by Crippen LogP contribution is 2.09. The van der Waals surface area contributed by atoms with Crippen molar-refractivity contribution < 1.29 is 4.79 Å². The Morgan fingerprint density at radius 1 is 1.50 bits per heavy atom. The Balaban J connectivity index is 3.02. The van der Waals surface area contributed by atoms with Crippen LogP contribution >= 0.6 is 0 Å². The van der Waals surface area contributed by atoms with Crippen molar-refractivity contribution in [3.05, 3.63) is 34.9 Å². The zero-order valence-electron chi connectivity index (χ0n) is 7.21. The molecule has 0 saturated carbocycles. The van der Waals surface area contributed by atoms with E-state index >= 15 is 0 Å². The molecule has 0 radical (unpaired) electrons. The normalized spacial score (nSPS) is 9.83. The lowest BCUT2D eigenvalue weighted by Gasteiger charge is -2.03. The van der Waals surface area contributed by atoms with Gasteiger partial charge in [-0.05, 0) is 31.5 Å². The molecule has 0 aliphatic heterocycles. The SMILES string of the molecule is Cc1ccc(CCN)c(C=O)c1. The van der Waals surface area contributed by atoms with Gasteiger partial charge in [0.2, 0.25) is 0 Å². The molecule has 2 nitrogen and oxygen atoms in total. The van der Waals surface area contributed by atoms with Crippen LogP contribution in [0.25, 0.3) is 0 Å². The molecule has 1 rings (SSSR count). The van der Waals surface area contributed by atoms with E-state index in [1.807, 2.05) is 25.1 Å². The topological polar surface area (TPSA) is 43.1 Å². The summed E-state index contributed by atoms with van der Waals surface area (Å²) in [6.45, 7) is 2.56. The van der Waals surface area contributed by atoms with E-state index in [0.29, 0.717) is 6.54 Å². The van der Waals surface area contributed by atoms with Crippen LogP contribution in [0.5, 0.6) is 0 Å². The second-order valence-corrected chi connectivity index (χ2v) is 2.86. The Kier molecular flexibility index (Phi) is 3.00. The number of carbonyl (C=O) groups excluding carboxylic acids is 1. The predicted octanol–water partition coefficient (Wildman–Crippen LogP) is 1.31. The van der Waals surface area contributed by atoms with Crippen molar-refractivity contribution in [1.82, 2.24) is 0 Å². The van der Waals surface area contributed by atoms with E-state index in [4.69, 9.17) is 5.73 Å². The summed E-state index contributed by atoms with van der Waals surface area (Å²) in [5.74, 6) is 0. The van der Waals surface area contributed by atoms with Crippen LogP contribution in [0.1, 0.15) is 21.5 Å². The second-order valence-electron chi connectivity index (χ2n) is 2.86. The van der Waals surface area contributed by atoms with Crippen LogP contribution in [-0.2, 0) is 6.42 Å². The molecule has 0 bridgehead atoms. The highest BCUT2D eigenvalue weighted by molar-refractivity contribution is 5.77. The van der Waals surface area contributed by atoms with Crippen LogP contribution in [0.3, 0.4) is 0 Å². The van der Waals surface area contributed by atoms with Gasteiger partial charge < -0.3 is 5.73 Å². The van der Waals surface area contributed by atoms with Gasteiger partial charge >= 0.3 is 0 Å². The van der Waals surface area contributed by atoms with Crippen molar-refractivity contribution in [2.75, 3.05) is 6.54 Å². The Morgan fingerprint density at radius 3 is 2.83 bits per heavy atom. The van der Waals surface area contributed by atoms with Crippen LogP contribution in [0.2, 0.25) is 0 Å². The molecule has 0 saturated heterocycles. The summed E-state index contributed by atoms with van der Waals surface area (Å²) in [4.78, 5) is 10.6. The van der Waals surface area contributed by atoms with E-state index in [0.717, 1.165) is 29.4 Å². The van der Waals surface area contributed by atoms with Crippen molar-refractivity contribution in [1.29, 1.82) is 0 Å². The number of aryl methyl sites for hydroxylation is 1. The number of hydrogen-bond acceptors (Lipinski definition) is 2. The molecule has 0 atom stereocenters. The average Bonchev–Trinajstić information content (AvgIpc) is 2.08. The third-order valence-electron chi connectivity index (χ3n) is 1.84. The highest BCUT2D eigenvalue weighted by Gasteiger charge is 1.99. The summed E-state index contributed by atoms with van der Waals surface area (Å²) in [5, 5.41) is 0. The molecule has 0 aliphatic carbocycles. The smallest absolute Gasteiger partial charge is 0.150 e. The molecule has 2 heteroatoms. The van der Waals surface area contributed by atoms with Crippen molar-refractivity contribution in [2.45, 2.75) is 13.3 Å². The van der Waals surface area contributed by atoms with Gasteiger partial charge in [-0.3, -0.25) is 4.79 Å². The van der Waals surface area contributed by atoms with Gasteiger partial charge in [0.15, 0.2) is 0 Å². The molecular weight excluding hydrogens is 150 g/mol. The fourth-order valence-electron chi connectivity index (χ4n) is 1.21. The Morgan fingerprint density at radius 2 is 2.25 bits per heavy atom. The van der Waals surface area contributed by atoms with Crippen LogP contribution in [0, 0.1) is 6.92 Å². The quantitative estimate of drug-likeness (QED) is 0.683. The van der Waals surface area contributed by atoms with Crippen LogP contribution < -0.4 is 5.73 Å². The fourth-order valence-corrected chi connectivity index (χ4v) is 1.21. The Hall–Kier alpha value is -1.15. The lowest BCUT2D eigenvalue weighted by atomic mass is 10.0. The van der Waals surface area contributed by atoms with Crippen LogP contribution in [-0.4, -0.2) is 12.8 Å².